The number of fused-ring (bicyclic) bond motifs is 1. The molecule has 0 spiro atoms. The second-order valence-electron chi connectivity index (χ2n) is 6.48. The zero-order valence-corrected chi connectivity index (χ0v) is 12.9. The van der Waals surface area contributed by atoms with Crippen molar-refractivity contribution in [3.63, 3.8) is 0 Å². The first-order valence-electron chi connectivity index (χ1n) is 8.07. The molecule has 2 aliphatic rings. The molecule has 114 valence electrons. The summed E-state index contributed by atoms with van der Waals surface area (Å²) in [5.74, 6) is -0.227. The zero-order chi connectivity index (χ0) is 14.9. The summed E-state index contributed by atoms with van der Waals surface area (Å²) >= 11 is 0. The molecule has 3 nitrogen and oxygen atoms in total. The van der Waals surface area contributed by atoms with Gasteiger partial charge in [-0.05, 0) is 38.3 Å². The van der Waals surface area contributed by atoms with Gasteiger partial charge >= 0.3 is 5.97 Å². The number of ether oxygens (including phenoxy) is 2. The molecule has 1 heterocycles. The van der Waals surface area contributed by atoms with Crippen molar-refractivity contribution in [3.8, 4) is 0 Å². The molecule has 0 unspecified atom stereocenters. The average molecular weight is 288 g/mol. The van der Waals surface area contributed by atoms with Crippen molar-refractivity contribution in [3.05, 3.63) is 35.9 Å². The van der Waals surface area contributed by atoms with Crippen LogP contribution < -0.4 is 0 Å². The van der Waals surface area contributed by atoms with Crippen LogP contribution in [0.25, 0.3) is 0 Å². The minimum atomic E-state index is -0.227. The van der Waals surface area contributed by atoms with Gasteiger partial charge in [-0.1, -0.05) is 44.4 Å². The van der Waals surface area contributed by atoms with Crippen molar-refractivity contribution in [2.75, 3.05) is 0 Å². The number of rotatable bonds is 6. The third-order valence-electron chi connectivity index (χ3n) is 5.08. The van der Waals surface area contributed by atoms with E-state index in [9.17, 15) is 4.79 Å². The molecule has 0 N–H and O–H groups in total. The molecule has 2 fully saturated rings. The van der Waals surface area contributed by atoms with E-state index in [0.717, 1.165) is 25.7 Å². The minimum Gasteiger partial charge on any atom is -0.456 e. The molecule has 1 saturated carbocycles. The maximum absolute atomic E-state index is 12.3. The highest BCUT2D eigenvalue weighted by atomic mass is 16.7. The van der Waals surface area contributed by atoms with Gasteiger partial charge in [0.05, 0.1) is 11.2 Å². The molecular weight excluding hydrogens is 264 g/mol. The van der Waals surface area contributed by atoms with Gasteiger partial charge in [-0.3, -0.25) is 0 Å². The second kappa shape index (κ2) is 5.45. The first-order chi connectivity index (χ1) is 10.1. The molecule has 0 bridgehead atoms. The number of unbranched alkanes of at least 4 members (excludes halogenated alkanes) is 2. The van der Waals surface area contributed by atoms with Crippen LogP contribution in [0.15, 0.2) is 30.3 Å². The molecule has 1 aliphatic carbocycles. The molecule has 3 rings (SSSR count). The number of hydrogen-bond donors (Lipinski definition) is 0. The smallest absolute Gasteiger partial charge is 0.338 e. The highest BCUT2D eigenvalue weighted by molar-refractivity contribution is 5.89. The van der Waals surface area contributed by atoms with Crippen LogP contribution in [0.4, 0.5) is 0 Å². The summed E-state index contributed by atoms with van der Waals surface area (Å²) in [4.78, 5) is 12.3. The van der Waals surface area contributed by atoms with Gasteiger partial charge in [0.15, 0.2) is 0 Å². The van der Waals surface area contributed by atoms with Crippen molar-refractivity contribution in [1.82, 2.24) is 0 Å². The molecule has 3 heteroatoms. The third-order valence-corrected chi connectivity index (χ3v) is 5.08. The van der Waals surface area contributed by atoms with Crippen LogP contribution in [0, 0.1) is 0 Å². The maximum Gasteiger partial charge on any atom is 0.338 e. The van der Waals surface area contributed by atoms with Gasteiger partial charge in [0.25, 0.3) is 0 Å². The Morgan fingerprint density at radius 2 is 2.10 bits per heavy atom. The average Bonchev–Trinajstić information content (AvgIpc) is 3.01. The molecular formula is C18H24O3. The Bertz CT molecular complexity index is 512. The van der Waals surface area contributed by atoms with Gasteiger partial charge < -0.3 is 9.47 Å². The lowest BCUT2D eigenvalue weighted by molar-refractivity contribution is -0.000582. The number of benzene rings is 1. The lowest BCUT2D eigenvalue weighted by Crippen LogP contribution is -2.34. The molecule has 21 heavy (non-hydrogen) atoms. The first-order valence-corrected chi connectivity index (χ1v) is 8.07. The number of hydrogen-bond acceptors (Lipinski definition) is 3. The lowest BCUT2D eigenvalue weighted by Gasteiger charge is -2.21. The topological polar surface area (TPSA) is 38.8 Å². The van der Waals surface area contributed by atoms with Gasteiger partial charge in [0.2, 0.25) is 0 Å². The van der Waals surface area contributed by atoms with E-state index in [4.69, 9.17) is 9.47 Å². The fourth-order valence-corrected chi connectivity index (χ4v) is 3.72. The fraction of sp³-hybridized carbons (Fsp3) is 0.611. The highest BCUT2D eigenvalue weighted by Crippen LogP contribution is 2.62. The van der Waals surface area contributed by atoms with Crippen LogP contribution >= 0.6 is 0 Å². The normalized spacial score (nSPS) is 33.5. The minimum absolute atomic E-state index is 0.0671. The van der Waals surface area contributed by atoms with Crippen molar-refractivity contribution in [2.24, 2.45) is 0 Å². The van der Waals surface area contributed by atoms with Crippen LogP contribution in [0.3, 0.4) is 0 Å². The largest absolute Gasteiger partial charge is 0.456 e. The molecule has 0 aromatic heterocycles. The van der Waals surface area contributed by atoms with Crippen LogP contribution in [0.1, 0.15) is 62.7 Å². The lowest BCUT2D eigenvalue weighted by atomic mass is 9.90. The van der Waals surface area contributed by atoms with Gasteiger partial charge in [-0.15, -0.1) is 0 Å². The first kappa shape index (κ1) is 14.6. The molecule has 1 aromatic carbocycles. The standard InChI is InChI=1S/C18H24O3/c1-3-4-8-12-18-15(11-13-17(18,2)21-18)20-16(19)14-9-6-5-7-10-14/h5-7,9-10,15H,3-4,8,11-13H2,1-2H3/t15-,17+,18-/m0/s1. The summed E-state index contributed by atoms with van der Waals surface area (Å²) in [5, 5.41) is 0. The van der Waals surface area contributed by atoms with Crippen LogP contribution in [0.2, 0.25) is 0 Å². The Morgan fingerprint density at radius 1 is 1.33 bits per heavy atom. The fourth-order valence-electron chi connectivity index (χ4n) is 3.72. The second-order valence-corrected chi connectivity index (χ2v) is 6.48. The number of carbonyl (C=O) groups is 1. The number of esters is 1. The quantitative estimate of drug-likeness (QED) is 0.449. The number of carbonyl (C=O) groups excluding carboxylic acids is 1. The Hall–Kier alpha value is -1.35. The molecule has 1 aliphatic heterocycles. The Labute approximate surface area is 126 Å². The summed E-state index contributed by atoms with van der Waals surface area (Å²) in [5.41, 5.74) is 0.338. The van der Waals surface area contributed by atoms with E-state index in [1.165, 1.54) is 12.8 Å². The summed E-state index contributed by atoms with van der Waals surface area (Å²) in [6.45, 7) is 4.36. The number of epoxide rings is 1. The molecule has 3 atom stereocenters. The maximum atomic E-state index is 12.3. The van der Waals surface area contributed by atoms with E-state index < -0.39 is 0 Å². The Balaban J connectivity index is 1.66. The monoisotopic (exact) mass is 288 g/mol. The van der Waals surface area contributed by atoms with Crippen LogP contribution in [-0.4, -0.2) is 23.3 Å². The Kier molecular flexibility index (Phi) is 3.78. The van der Waals surface area contributed by atoms with Gasteiger partial charge in [-0.25, -0.2) is 4.79 Å². The molecule has 1 aromatic rings. The van der Waals surface area contributed by atoms with E-state index in [2.05, 4.69) is 13.8 Å². The molecule has 0 amide bonds. The van der Waals surface area contributed by atoms with Gasteiger partial charge in [0, 0.05) is 0 Å². The Morgan fingerprint density at radius 3 is 2.76 bits per heavy atom. The van der Waals surface area contributed by atoms with Crippen LogP contribution in [0.5, 0.6) is 0 Å². The summed E-state index contributed by atoms with van der Waals surface area (Å²) in [6, 6.07) is 9.22. The van der Waals surface area contributed by atoms with Crippen molar-refractivity contribution >= 4 is 5.97 Å². The molecule has 0 radical (unpaired) electrons. The van der Waals surface area contributed by atoms with Gasteiger partial charge in [0.1, 0.15) is 11.7 Å². The molecule has 1 saturated heterocycles. The van der Waals surface area contributed by atoms with Crippen molar-refractivity contribution in [2.45, 2.75) is 69.7 Å². The highest BCUT2D eigenvalue weighted by Gasteiger charge is 2.74. The van der Waals surface area contributed by atoms with E-state index in [1.807, 2.05) is 18.2 Å². The van der Waals surface area contributed by atoms with E-state index in [1.54, 1.807) is 12.1 Å². The summed E-state index contributed by atoms with van der Waals surface area (Å²) in [7, 11) is 0. The van der Waals surface area contributed by atoms with E-state index in [0.29, 0.717) is 5.56 Å². The van der Waals surface area contributed by atoms with E-state index in [-0.39, 0.29) is 23.3 Å². The zero-order valence-electron chi connectivity index (χ0n) is 12.9. The van der Waals surface area contributed by atoms with Gasteiger partial charge in [-0.2, -0.15) is 0 Å². The van der Waals surface area contributed by atoms with Crippen molar-refractivity contribution in [1.29, 1.82) is 0 Å². The predicted octanol–water partition coefficient (Wildman–Crippen LogP) is 4.11. The summed E-state index contributed by atoms with van der Waals surface area (Å²) in [6.07, 6.45) is 6.37. The third kappa shape index (κ3) is 2.48. The predicted molar refractivity (Wildman–Crippen MR) is 81.2 cm³/mol. The SMILES string of the molecule is CCCCC[C@@]12O[C@]1(C)CC[C@@H]2OC(=O)c1ccccc1. The van der Waals surface area contributed by atoms with Crippen LogP contribution in [-0.2, 0) is 9.47 Å². The van der Waals surface area contributed by atoms with Crippen molar-refractivity contribution < 1.29 is 14.3 Å². The van der Waals surface area contributed by atoms with E-state index >= 15 is 0 Å². The summed E-state index contributed by atoms with van der Waals surface area (Å²) < 4.78 is 11.8.